The first kappa shape index (κ1) is 16.9. The fraction of sp³-hybridized carbons (Fsp3) is 0.588. The minimum atomic E-state index is -0.845. The third kappa shape index (κ3) is 4.26. The number of hydrogen-bond acceptors (Lipinski definition) is 2. The van der Waals surface area contributed by atoms with Crippen LogP contribution in [-0.4, -0.2) is 29.4 Å². The van der Waals surface area contributed by atoms with E-state index in [1.165, 1.54) is 6.07 Å². The summed E-state index contributed by atoms with van der Waals surface area (Å²) < 4.78 is 26.1. The molecule has 0 spiro atoms. The Morgan fingerprint density at radius 1 is 1.36 bits per heavy atom. The van der Waals surface area contributed by atoms with E-state index in [1.54, 1.807) is 19.9 Å². The van der Waals surface area contributed by atoms with Gasteiger partial charge in [0.05, 0.1) is 5.54 Å². The van der Waals surface area contributed by atoms with Crippen molar-refractivity contribution in [2.24, 2.45) is 11.7 Å². The van der Waals surface area contributed by atoms with Gasteiger partial charge in [-0.2, -0.15) is 0 Å². The first-order chi connectivity index (χ1) is 10.3. The van der Waals surface area contributed by atoms with Gasteiger partial charge < -0.3 is 10.6 Å². The van der Waals surface area contributed by atoms with Gasteiger partial charge in [-0.05, 0) is 63.1 Å². The van der Waals surface area contributed by atoms with Gasteiger partial charge in [-0.25, -0.2) is 8.78 Å². The molecule has 1 aromatic carbocycles. The summed E-state index contributed by atoms with van der Waals surface area (Å²) in [5.41, 5.74) is 5.83. The number of carbonyl (C=O) groups excluding carboxylic acids is 1. The molecule has 1 heterocycles. The molecule has 2 rings (SSSR count). The summed E-state index contributed by atoms with van der Waals surface area (Å²) in [5, 5.41) is 0. The number of halogens is 2. The summed E-state index contributed by atoms with van der Waals surface area (Å²) in [6, 6.07) is 4.04. The summed E-state index contributed by atoms with van der Waals surface area (Å²) in [6.07, 6.45) is 3.57. The maximum atomic E-state index is 13.2. The Morgan fingerprint density at radius 2 is 2.09 bits per heavy atom. The molecule has 0 radical (unpaired) electrons. The number of rotatable bonds is 4. The van der Waals surface area contributed by atoms with Crippen LogP contribution in [0.4, 0.5) is 8.78 Å². The largest absolute Gasteiger partial charge is 0.341 e. The smallest absolute Gasteiger partial charge is 0.242 e. The number of likely N-dealkylation sites (tertiary alicyclic amines) is 1. The van der Waals surface area contributed by atoms with Crippen molar-refractivity contribution in [1.29, 1.82) is 0 Å². The van der Waals surface area contributed by atoms with E-state index in [2.05, 4.69) is 0 Å². The molecule has 1 aromatic rings. The van der Waals surface area contributed by atoms with Crippen LogP contribution in [0.3, 0.4) is 0 Å². The number of benzene rings is 1. The summed E-state index contributed by atoms with van der Waals surface area (Å²) in [6.45, 7) is 4.89. The minimum Gasteiger partial charge on any atom is -0.341 e. The Hall–Kier alpha value is -1.49. The van der Waals surface area contributed by atoms with Crippen molar-refractivity contribution in [1.82, 2.24) is 4.90 Å². The van der Waals surface area contributed by atoms with Gasteiger partial charge in [0, 0.05) is 13.1 Å². The number of hydrogen-bond donors (Lipinski definition) is 1. The van der Waals surface area contributed by atoms with E-state index in [0.717, 1.165) is 37.4 Å². The second-order valence-corrected chi connectivity index (χ2v) is 6.77. The van der Waals surface area contributed by atoms with Gasteiger partial charge >= 0.3 is 0 Å². The molecule has 1 aliphatic rings. The maximum absolute atomic E-state index is 13.2. The number of aryl methyl sites for hydroxylation is 1. The number of piperidine rings is 1. The normalized spacial score (nSPS) is 19.3. The highest BCUT2D eigenvalue weighted by Crippen LogP contribution is 2.23. The van der Waals surface area contributed by atoms with Crippen LogP contribution >= 0.6 is 0 Å². The van der Waals surface area contributed by atoms with E-state index < -0.39 is 17.2 Å². The molecule has 1 saturated heterocycles. The molecule has 1 amide bonds. The average Bonchev–Trinajstić information content (AvgIpc) is 2.47. The van der Waals surface area contributed by atoms with Crippen LogP contribution in [0.1, 0.15) is 38.7 Å². The molecule has 5 heteroatoms. The van der Waals surface area contributed by atoms with Crippen molar-refractivity contribution in [3.63, 3.8) is 0 Å². The standard InChI is InChI=1S/C17H24F2N2O/c1-17(2,20)16(22)21-9-3-4-13(11-21)6-5-12-7-8-14(18)15(19)10-12/h7-8,10,13H,3-6,9,11,20H2,1-2H3/t13-/m1/s1. The minimum absolute atomic E-state index is 0.0231. The van der Waals surface area contributed by atoms with Gasteiger partial charge in [-0.1, -0.05) is 6.07 Å². The second kappa shape index (κ2) is 6.73. The lowest BCUT2D eigenvalue weighted by Crippen LogP contribution is -2.53. The fourth-order valence-corrected chi connectivity index (χ4v) is 2.96. The first-order valence-electron chi connectivity index (χ1n) is 7.79. The van der Waals surface area contributed by atoms with Gasteiger partial charge in [0.1, 0.15) is 0 Å². The van der Waals surface area contributed by atoms with Crippen LogP contribution in [0, 0.1) is 17.6 Å². The summed E-state index contributed by atoms with van der Waals surface area (Å²) >= 11 is 0. The van der Waals surface area contributed by atoms with Gasteiger partial charge in [-0.15, -0.1) is 0 Å². The van der Waals surface area contributed by atoms with Crippen LogP contribution in [0.2, 0.25) is 0 Å². The van der Waals surface area contributed by atoms with Crippen molar-refractivity contribution in [3.05, 3.63) is 35.4 Å². The fourth-order valence-electron chi connectivity index (χ4n) is 2.96. The van der Waals surface area contributed by atoms with Crippen molar-refractivity contribution in [3.8, 4) is 0 Å². The SMILES string of the molecule is CC(C)(N)C(=O)N1CCC[C@H](CCc2ccc(F)c(F)c2)C1. The highest BCUT2D eigenvalue weighted by Gasteiger charge is 2.31. The summed E-state index contributed by atoms with van der Waals surface area (Å²) in [4.78, 5) is 14.1. The number of amides is 1. The summed E-state index contributed by atoms with van der Waals surface area (Å²) in [7, 11) is 0. The monoisotopic (exact) mass is 310 g/mol. The van der Waals surface area contributed by atoms with Crippen molar-refractivity contribution in [2.75, 3.05) is 13.1 Å². The molecule has 0 bridgehead atoms. The Morgan fingerprint density at radius 3 is 2.73 bits per heavy atom. The molecule has 0 aliphatic carbocycles. The van der Waals surface area contributed by atoms with E-state index in [9.17, 15) is 13.6 Å². The van der Waals surface area contributed by atoms with Crippen LogP contribution in [0.5, 0.6) is 0 Å². The van der Waals surface area contributed by atoms with Gasteiger partial charge in [0.25, 0.3) is 0 Å². The zero-order valence-corrected chi connectivity index (χ0v) is 13.2. The Labute approximate surface area is 130 Å². The van der Waals surface area contributed by atoms with Crippen LogP contribution in [0.25, 0.3) is 0 Å². The topological polar surface area (TPSA) is 46.3 Å². The lowest BCUT2D eigenvalue weighted by Gasteiger charge is -2.36. The van der Waals surface area contributed by atoms with Gasteiger partial charge in [-0.3, -0.25) is 4.79 Å². The zero-order chi connectivity index (χ0) is 16.3. The third-order valence-electron chi connectivity index (χ3n) is 4.18. The predicted molar refractivity (Wildman–Crippen MR) is 82.2 cm³/mol. The molecular formula is C17H24F2N2O. The number of nitrogens with zero attached hydrogens (tertiary/aromatic N) is 1. The van der Waals surface area contributed by atoms with Crippen LogP contribution < -0.4 is 5.73 Å². The molecule has 0 aromatic heterocycles. The molecule has 0 saturated carbocycles. The van der Waals surface area contributed by atoms with E-state index in [4.69, 9.17) is 5.73 Å². The zero-order valence-electron chi connectivity index (χ0n) is 13.2. The van der Waals surface area contributed by atoms with Crippen LogP contribution in [0.15, 0.2) is 18.2 Å². The summed E-state index contributed by atoms with van der Waals surface area (Å²) in [5.74, 6) is -1.26. The number of carbonyl (C=O) groups is 1. The quantitative estimate of drug-likeness (QED) is 0.929. The second-order valence-electron chi connectivity index (χ2n) is 6.77. The van der Waals surface area contributed by atoms with Gasteiger partial charge in [0.2, 0.25) is 5.91 Å². The molecule has 22 heavy (non-hydrogen) atoms. The lowest BCUT2D eigenvalue weighted by atomic mass is 9.90. The van der Waals surface area contributed by atoms with E-state index in [0.29, 0.717) is 18.9 Å². The maximum Gasteiger partial charge on any atom is 0.242 e. The molecule has 122 valence electrons. The molecule has 1 fully saturated rings. The first-order valence-corrected chi connectivity index (χ1v) is 7.79. The molecule has 1 aliphatic heterocycles. The van der Waals surface area contributed by atoms with Gasteiger partial charge in [0.15, 0.2) is 11.6 Å². The third-order valence-corrected chi connectivity index (χ3v) is 4.18. The molecule has 0 unspecified atom stereocenters. The lowest BCUT2D eigenvalue weighted by molar-refractivity contribution is -0.137. The van der Waals surface area contributed by atoms with Crippen molar-refractivity contribution < 1.29 is 13.6 Å². The molecule has 1 atom stereocenters. The van der Waals surface area contributed by atoms with Crippen molar-refractivity contribution in [2.45, 2.75) is 45.1 Å². The van der Waals surface area contributed by atoms with E-state index >= 15 is 0 Å². The highest BCUT2D eigenvalue weighted by molar-refractivity contribution is 5.85. The highest BCUT2D eigenvalue weighted by atomic mass is 19.2. The average molecular weight is 310 g/mol. The molecule has 2 N–H and O–H groups in total. The Bertz CT molecular complexity index is 540. The number of nitrogens with two attached hydrogens (primary N) is 1. The van der Waals surface area contributed by atoms with E-state index in [-0.39, 0.29) is 5.91 Å². The predicted octanol–water partition coefficient (Wildman–Crippen LogP) is 2.87. The van der Waals surface area contributed by atoms with E-state index in [1.807, 2.05) is 4.90 Å². The Kier molecular flexibility index (Phi) is 5.16. The van der Waals surface area contributed by atoms with Crippen LogP contribution in [-0.2, 0) is 11.2 Å². The van der Waals surface area contributed by atoms with Crippen molar-refractivity contribution >= 4 is 5.91 Å². The molecule has 3 nitrogen and oxygen atoms in total. The Balaban J connectivity index is 1.90. The molecular weight excluding hydrogens is 286 g/mol.